The van der Waals surface area contributed by atoms with Gasteiger partial charge in [0.15, 0.2) is 0 Å². The van der Waals surface area contributed by atoms with Crippen molar-refractivity contribution in [1.82, 2.24) is 15.1 Å². The number of hydrogen-bond donors (Lipinski definition) is 1. The first kappa shape index (κ1) is 21.5. The first-order chi connectivity index (χ1) is 14.9. The number of rotatable bonds is 6. The summed E-state index contributed by atoms with van der Waals surface area (Å²) in [6.07, 6.45) is 3.69. The molecule has 8 nitrogen and oxygen atoms in total. The van der Waals surface area contributed by atoms with Crippen molar-refractivity contribution >= 4 is 29.3 Å². The molecule has 1 aromatic carbocycles. The summed E-state index contributed by atoms with van der Waals surface area (Å²) < 4.78 is 0. The quantitative estimate of drug-likeness (QED) is 0.698. The summed E-state index contributed by atoms with van der Waals surface area (Å²) in [5.74, 6) is -1.89. The maximum Gasteiger partial charge on any atom is 0.262 e. The standard InChI is InChI=1S/C23H30N4O4/c1-4-26(5-2)18-8-6-7-17(18)25(3)14-9-10-15-16(13-14)23(31)27(22(15)30)19-11-12-20(28)24-21(19)29/h9-10,13,17-19H,4-8,11-12H2,1-3H3,(H,24,28,29)/t17-,18+,19?/m0/s1. The van der Waals surface area contributed by atoms with Crippen LogP contribution in [-0.4, -0.2) is 71.7 Å². The highest BCUT2D eigenvalue weighted by atomic mass is 16.2. The number of likely N-dealkylation sites (N-methyl/N-ethyl adjacent to an activating group) is 2. The molecule has 4 amide bonds. The lowest BCUT2D eigenvalue weighted by molar-refractivity contribution is -0.136. The molecule has 2 heterocycles. The monoisotopic (exact) mass is 426 g/mol. The maximum atomic E-state index is 13.1. The Hall–Kier alpha value is -2.74. The van der Waals surface area contributed by atoms with Crippen molar-refractivity contribution in [1.29, 1.82) is 0 Å². The minimum Gasteiger partial charge on any atom is -0.370 e. The molecule has 1 aromatic rings. The van der Waals surface area contributed by atoms with Gasteiger partial charge in [-0.3, -0.25) is 34.3 Å². The Morgan fingerprint density at radius 3 is 2.32 bits per heavy atom. The zero-order valence-corrected chi connectivity index (χ0v) is 18.4. The average Bonchev–Trinajstić information content (AvgIpc) is 3.33. The minimum absolute atomic E-state index is 0.117. The number of nitrogens with one attached hydrogen (secondary N) is 1. The van der Waals surface area contributed by atoms with Crippen LogP contribution < -0.4 is 10.2 Å². The molecule has 1 saturated heterocycles. The molecule has 1 saturated carbocycles. The molecule has 0 spiro atoms. The molecule has 2 aliphatic heterocycles. The molecular weight excluding hydrogens is 396 g/mol. The summed E-state index contributed by atoms with van der Waals surface area (Å²) >= 11 is 0. The molecule has 1 unspecified atom stereocenters. The predicted octanol–water partition coefficient (Wildman–Crippen LogP) is 1.79. The van der Waals surface area contributed by atoms with Crippen LogP contribution in [0.2, 0.25) is 0 Å². The van der Waals surface area contributed by atoms with Crippen LogP contribution in [0.25, 0.3) is 0 Å². The van der Waals surface area contributed by atoms with E-state index in [1.165, 1.54) is 6.42 Å². The van der Waals surface area contributed by atoms with Gasteiger partial charge in [0.1, 0.15) is 6.04 Å². The van der Waals surface area contributed by atoms with E-state index < -0.39 is 23.8 Å². The number of amides is 4. The van der Waals surface area contributed by atoms with Crippen molar-refractivity contribution in [2.45, 2.75) is 64.1 Å². The van der Waals surface area contributed by atoms with E-state index in [-0.39, 0.29) is 18.7 Å². The molecular formula is C23H30N4O4. The fraction of sp³-hybridized carbons (Fsp3) is 0.565. The average molecular weight is 427 g/mol. The third kappa shape index (κ3) is 3.63. The molecule has 8 heteroatoms. The molecule has 3 atom stereocenters. The normalized spacial score (nSPS) is 25.9. The van der Waals surface area contributed by atoms with Gasteiger partial charge < -0.3 is 4.90 Å². The molecule has 166 valence electrons. The van der Waals surface area contributed by atoms with Crippen LogP contribution in [0, 0.1) is 0 Å². The highest BCUT2D eigenvalue weighted by Gasteiger charge is 2.45. The van der Waals surface area contributed by atoms with Crippen LogP contribution in [0.15, 0.2) is 18.2 Å². The summed E-state index contributed by atoms with van der Waals surface area (Å²) in [4.78, 5) is 55.4. The second-order valence-electron chi connectivity index (χ2n) is 8.57. The fourth-order valence-corrected chi connectivity index (χ4v) is 5.36. The summed E-state index contributed by atoms with van der Waals surface area (Å²) in [7, 11) is 2.05. The first-order valence-electron chi connectivity index (χ1n) is 11.2. The molecule has 2 fully saturated rings. The van der Waals surface area contributed by atoms with Crippen LogP contribution >= 0.6 is 0 Å². The number of hydrogen-bond acceptors (Lipinski definition) is 6. The lowest BCUT2D eigenvalue weighted by Gasteiger charge is -2.37. The largest absolute Gasteiger partial charge is 0.370 e. The van der Waals surface area contributed by atoms with Crippen LogP contribution in [0.1, 0.15) is 66.7 Å². The zero-order valence-electron chi connectivity index (χ0n) is 18.4. The Morgan fingerprint density at radius 2 is 1.65 bits per heavy atom. The number of benzene rings is 1. The topological polar surface area (TPSA) is 90.0 Å². The van der Waals surface area contributed by atoms with Crippen molar-refractivity contribution in [3.63, 3.8) is 0 Å². The molecule has 0 bridgehead atoms. The van der Waals surface area contributed by atoms with Crippen LogP contribution in [0.4, 0.5) is 5.69 Å². The van der Waals surface area contributed by atoms with E-state index in [9.17, 15) is 19.2 Å². The Morgan fingerprint density at radius 1 is 0.968 bits per heavy atom. The van der Waals surface area contributed by atoms with E-state index in [0.717, 1.165) is 36.5 Å². The predicted molar refractivity (Wildman–Crippen MR) is 116 cm³/mol. The minimum atomic E-state index is -0.937. The maximum absolute atomic E-state index is 13.1. The van der Waals surface area contributed by atoms with Gasteiger partial charge in [0.2, 0.25) is 11.8 Å². The number of carbonyl (C=O) groups excluding carboxylic acids is 4. The van der Waals surface area contributed by atoms with Crippen molar-refractivity contribution in [2.24, 2.45) is 0 Å². The highest BCUT2D eigenvalue weighted by Crippen LogP contribution is 2.34. The number of piperidine rings is 1. The summed E-state index contributed by atoms with van der Waals surface area (Å²) in [6, 6.07) is 5.22. The van der Waals surface area contributed by atoms with Gasteiger partial charge in [0.05, 0.1) is 11.1 Å². The number of anilines is 1. The van der Waals surface area contributed by atoms with Crippen molar-refractivity contribution in [2.75, 3.05) is 25.0 Å². The van der Waals surface area contributed by atoms with Gasteiger partial charge in [-0.2, -0.15) is 0 Å². The lowest BCUT2D eigenvalue weighted by Crippen LogP contribution is -2.54. The van der Waals surface area contributed by atoms with E-state index >= 15 is 0 Å². The highest BCUT2D eigenvalue weighted by molar-refractivity contribution is 6.23. The Bertz CT molecular complexity index is 926. The molecule has 1 N–H and O–H groups in total. The van der Waals surface area contributed by atoms with Crippen molar-refractivity contribution < 1.29 is 19.2 Å². The van der Waals surface area contributed by atoms with E-state index in [4.69, 9.17) is 0 Å². The third-order valence-electron chi connectivity index (χ3n) is 7.05. The third-order valence-corrected chi connectivity index (χ3v) is 7.05. The summed E-state index contributed by atoms with van der Waals surface area (Å²) in [5, 5.41) is 2.23. The van der Waals surface area contributed by atoms with Crippen molar-refractivity contribution in [3.8, 4) is 0 Å². The number of fused-ring (bicyclic) bond motifs is 1. The Labute approximate surface area is 182 Å². The fourth-order valence-electron chi connectivity index (χ4n) is 5.36. The number of imide groups is 2. The Balaban J connectivity index is 1.58. The Kier molecular flexibility index (Phi) is 5.83. The van der Waals surface area contributed by atoms with E-state index in [2.05, 4.69) is 29.0 Å². The van der Waals surface area contributed by atoms with E-state index in [0.29, 0.717) is 23.2 Å². The first-order valence-corrected chi connectivity index (χ1v) is 11.2. The molecule has 3 aliphatic rings. The molecule has 4 rings (SSSR count). The smallest absolute Gasteiger partial charge is 0.262 e. The van der Waals surface area contributed by atoms with Crippen molar-refractivity contribution in [3.05, 3.63) is 29.3 Å². The second-order valence-corrected chi connectivity index (χ2v) is 8.57. The van der Waals surface area contributed by atoms with Gasteiger partial charge in [0.25, 0.3) is 11.8 Å². The number of carbonyl (C=O) groups is 4. The van der Waals surface area contributed by atoms with Gasteiger partial charge in [0, 0.05) is 31.2 Å². The molecule has 1 aliphatic carbocycles. The van der Waals surface area contributed by atoms with Gasteiger partial charge >= 0.3 is 0 Å². The van der Waals surface area contributed by atoms with Crippen LogP contribution in [-0.2, 0) is 9.59 Å². The van der Waals surface area contributed by atoms with Gasteiger partial charge in [-0.1, -0.05) is 13.8 Å². The van der Waals surface area contributed by atoms with Gasteiger partial charge in [-0.25, -0.2) is 0 Å². The van der Waals surface area contributed by atoms with E-state index in [1.807, 2.05) is 13.1 Å². The molecule has 0 radical (unpaired) electrons. The SMILES string of the molecule is CCN(CC)[C@@H]1CCC[C@@H]1N(C)c1ccc2c(c1)C(=O)N(C1CCC(=O)NC1=O)C2=O. The number of nitrogens with zero attached hydrogens (tertiary/aromatic N) is 3. The van der Waals surface area contributed by atoms with Crippen LogP contribution in [0.5, 0.6) is 0 Å². The van der Waals surface area contributed by atoms with Crippen LogP contribution in [0.3, 0.4) is 0 Å². The summed E-state index contributed by atoms with van der Waals surface area (Å²) in [6.45, 7) is 6.37. The summed E-state index contributed by atoms with van der Waals surface area (Å²) in [5.41, 5.74) is 1.55. The second kappa shape index (κ2) is 8.42. The van der Waals surface area contributed by atoms with Gasteiger partial charge in [-0.15, -0.1) is 0 Å². The van der Waals surface area contributed by atoms with Gasteiger partial charge in [-0.05, 0) is 57.0 Å². The molecule has 31 heavy (non-hydrogen) atoms. The van der Waals surface area contributed by atoms with E-state index in [1.54, 1.807) is 12.1 Å². The molecule has 0 aromatic heterocycles. The zero-order chi connectivity index (χ0) is 22.3. The lowest BCUT2D eigenvalue weighted by atomic mass is 10.0.